The smallest absolute Gasteiger partial charge is 0.233 e. The lowest BCUT2D eigenvalue weighted by Crippen LogP contribution is -2.46. The van der Waals surface area contributed by atoms with E-state index in [2.05, 4.69) is 12.1 Å². The van der Waals surface area contributed by atoms with Crippen LogP contribution in [-0.2, 0) is 16.8 Å². The average molecular weight is 443 g/mol. The van der Waals surface area contributed by atoms with E-state index in [1.807, 2.05) is 65.6 Å². The van der Waals surface area contributed by atoms with Gasteiger partial charge in [-0.3, -0.25) is 4.79 Å². The van der Waals surface area contributed by atoms with Crippen LogP contribution in [0.3, 0.4) is 0 Å². The first-order valence-electron chi connectivity index (χ1n) is 11.3. The quantitative estimate of drug-likeness (QED) is 0.568. The standard InChI is InChI=1S/C27H25NO5/c29-26(27(13-14-27)20-8-2-1-3-9-20)28(15-19-7-6-12-24-25(19)32-18-31-24)16-21-17-30-22-10-4-5-11-23(22)33-21/h1-12,21H,13-18H2. The molecule has 0 N–H and O–H groups in total. The van der Waals surface area contributed by atoms with Gasteiger partial charge in [0.1, 0.15) is 6.61 Å². The molecule has 1 amide bonds. The Labute approximate surface area is 192 Å². The summed E-state index contributed by atoms with van der Waals surface area (Å²) in [6, 6.07) is 23.5. The van der Waals surface area contributed by atoms with Crippen LogP contribution < -0.4 is 18.9 Å². The molecule has 0 saturated heterocycles. The van der Waals surface area contributed by atoms with Crippen molar-refractivity contribution >= 4 is 5.91 Å². The Morgan fingerprint density at radius 1 is 0.848 bits per heavy atom. The maximum absolute atomic E-state index is 14.0. The van der Waals surface area contributed by atoms with Crippen LogP contribution in [0.4, 0.5) is 0 Å². The predicted octanol–water partition coefficient (Wildman–Crippen LogP) is 4.32. The molecule has 2 heterocycles. The largest absolute Gasteiger partial charge is 0.486 e. The van der Waals surface area contributed by atoms with Crippen LogP contribution in [0.25, 0.3) is 0 Å². The van der Waals surface area contributed by atoms with E-state index >= 15 is 0 Å². The molecule has 1 unspecified atom stereocenters. The molecule has 0 radical (unpaired) electrons. The summed E-state index contributed by atoms with van der Waals surface area (Å²) in [7, 11) is 0. The molecule has 1 fully saturated rings. The van der Waals surface area contributed by atoms with E-state index in [-0.39, 0.29) is 18.8 Å². The van der Waals surface area contributed by atoms with Crippen molar-refractivity contribution in [2.45, 2.75) is 30.9 Å². The molecule has 3 aromatic rings. The van der Waals surface area contributed by atoms with E-state index < -0.39 is 5.41 Å². The van der Waals surface area contributed by atoms with Crippen molar-refractivity contribution in [1.29, 1.82) is 0 Å². The summed E-state index contributed by atoms with van der Waals surface area (Å²) in [4.78, 5) is 15.9. The lowest BCUT2D eigenvalue weighted by molar-refractivity contribution is -0.136. The molecule has 0 bridgehead atoms. The van der Waals surface area contributed by atoms with Crippen LogP contribution in [-0.4, -0.2) is 36.9 Å². The number of fused-ring (bicyclic) bond motifs is 2. The van der Waals surface area contributed by atoms with Crippen molar-refractivity contribution in [2.75, 3.05) is 19.9 Å². The molecule has 6 rings (SSSR count). The molecule has 1 saturated carbocycles. The second-order valence-corrected chi connectivity index (χ2v) is 8.78. The first-order chi connectivity index (χ1) is 16.2. The summed E-state index contributed by atoms with van der Waals surface area (Å²) < 4.78 is 23.4. The second-order valence-electron chi connectivity index (χ2n) is 8.78. The monoisotopic (exact) mass is 443 g/mol. The number of para-hydroxylation sites is 3. The lowest BCUT2D eigenvalue weighted by atomic mass is 9.94. The summed E-state index contributed by atoms with van der Waals surface area (Å²) in [6.45, 7) is 1.43. The predicted molar refractivity (Wildman–Crippen MR) is 122 cm³/mol. The van der Waals surface area contributed by atoms with Crippen molar-refractivity contribution in [1.82, 2.24) is 4.90 Å². The summed E-state index contributed by atoms with van der Waals surface area (Å²) in [5, 5.41) is 0. The van der Waals surface area contributed by atoms with Gasteiger partial charge in [0.2, 0.25) is 12.7 Å². The Balaban J connectivity index is 1.30. The minimum Gasteiger partial charge on any atom is -0.486 e. The number of hydrogen-bond acceptors (Lipinski definition) is 5. The normalized spacial score (nSPS) is 19.1. The Bertz CT molecular complexity index is 1170. The summed E-state index contributed by atoms with van der Waals surface area (Å²) in [5.41, 5.74) is 1.53. The minimum absolute atomic E-state index is 0.118. The van der Waals surface area contributed by atoms with Gasteiger partial charge >= 0.3 is 0 Å². The van der Waals surface area contributed by atoms with Gasteiger partial charge in [-0.1, -0.05) is 54.6 Å². The van der Waals surface area contributed by atoms with Crippen LogP contribution in [0.2, 0.25) is 0 Å². The Hall–Kier alpha value is -3.67. The fourth-order valence-corrected chi connectivity index (χ4v) is 4.75. The number of nitrogens with zero attached hydrogens (tertiary/aromatic N) is 1. The molecule has 6 nitrogen and oxygen atoms in total. The van der Waals surface area contributed by atoms with E-state index in [0.717, 1.165) is 35.5 Å². The van der Waals surface area contributed by atoms with Gasteiger partial charge in [-0.25, -0.2) is 0 Å². The molecule has 3 aliphatic rings. The average Bonchev–Trinajstić information content (AvgIpc) is 3.53. The molecular formula is C27H25NO5. The Kier molecular flexibility index (Phi) is 4.86. The zero-order valence-corrected chi connectivity index (χ0v) is 18.2. The van der Waals surface area contributed by atoms with Crippen LogP contribution in [0.5, 0.6) is 23.0 Å². The summed E-state index contributed by atoms with van der Waals surface area (Å²) in [6.07, 6.45) is 1.44. The van der Waals surface area contributed by atoms with Crippen molar-refractivity contribution < 1.29 is 23.7 Å². The minimum atomic E-state index is -0.468. The van der Waals surface area contributed by atoms with E-state index in [1.165, 1.54) is 0 Å². The molecule has 0 aromatic heterocycles. The van der Waals surface area contributed by atoms with Crippen LogP contribution >= 0.6 is 0 Å². The third kappa shape index (κ3) is 3.65. The van der Waals surface area contributed by atoms with E-state index in [9.17, 15) is 4.79 Å². The highest BCUT2D eigenvalue weighted by Crippen LogP contribution is 2.50. The number of rotatable bonds is 6. The van der Waals surface area contributed by atoms with E-state index in [1.54, 1.807) is 0 Å². The number of carbonyl (C=O) groups excluding carboxylic acids is 1. The highest BCUT2D eigenvalue weighted by molar-refractivity contribution is 5.91. The molecule has 6 heteroatoms. The topological polar surface area (TPSA) is 57.2 Å². The molecule has 2 aliphatic heterocycles. The van der Waals surface area contributed by atoms with Gasteiger partial charge < -0.3 is 23.8 Å². The molecule has 168 valence electrons. The summed E-state index contributed by atoms with van der Waals surface area (Å²) in [5.74, 6) is 3.00. The van der Waals surface area contributed by atoms with E-state index in [0.29, 0.717) is 31.2 Å². The van der Waals surface area contributed by atoms with Gasteiger partial charge in [-0.05, 0) is 36.6 Å². The third-order valence-corrected chi connectivity index (χ3v) is 6.60. The third-order valence-electron chi connectivity index (χ3n) is 6.60. The lowest BCUT2D eigenvalue weighted by Gasteiger charge is -2.33. The first kappa shape index (κ1) is 20.0. The van der Waals surface area contributed by atoms with Crippen LogP contribution in [0.15, 0.2) is 72.8 Å². The Morgan fingerprint density at radius 2 is 1.61 bits per heavy atom. The zero-order chi connectivity index (χ0) is 22.3. The number of benzene rings is 3. The van der Waals surface area contributed by atoms with Crippen molar-refractivity contribution in [3.8, 4) is 23.0 Å². The molecule has 1 aliphatic carbocycles. The molecular weight excluding hydrogens is 418 g/mol. The van der Waals surface area contributed by atoms with Crippen LogP contribution in [0, 0.1) is 0 Å². The number of hydrogen-bond donors (Lipinski definition) is 0. The SMILES string of the molecule is O=C(N(Cc1cccc2c1OCO2)CC1COc2ccccc2O1)C1(c2ccccc2)CC1. The second kappa shape index (κ2) is 8.03. The Morgan fingerprint density at radius 3 is 2.42 bits per heavy atom. The maximum atomic E-state index is 14.0. The fourth-order valence-electron chi connectivity index (χ4n) is 4.75. The highest BCUT2D eigenvalue weighted by Gasteiger charge is 2.53. The molecule has 33 heavy (non-hydrogen) atoms. The van der Waals surface area contributed by atoms with Gasteiger partial charge in [-0.2, -0.15) is 0 Å². The summed E-state index contributed by atoms with van der Waals surface area (Å²) >= 11 is 0. The van der Waals surface area contributed by atoms with Gasteiger partial charge in [0.25, 0.3) is 0 Å². The van der Waals surface area contributed by atoms with Crippen molar-refractivity contribution in [3.05, 3.63) is 83.9 Å². The van der Waals surface area contributed by atoms with Crippen molar-refractivity contribution in [3.63, 3.8) is 0 Å². The van der Waals surface area contributed by atoms with Gasteiger partial charge in [0.05, 0.1) is 12.0 Å². The fraction of sp³-hybridized carbons (Fsp3) is 0.296. The molecule has 3 aromatic carbocycles. The number of carbonyl (C=O) groups is 1. The first-order valence-corrected chi connectivity index (χ1v) is 11.3. The number of ether oxygens (including phenoxy) is 4. The van der Waals surface area contributed by atoms with Crippen LogP contribution in [0.1, 0.15) is 24.0 Å². The molecule has 1 atom stereocenters. The van der Waals surface area contributed by atoms with Gasteiger partial charge in [-0.15, -0.1) is 0 Å². The van der Waals surface area contributed by atoms with Gasteiger partial charge in [0, 0.05) is 12.1 Å². The molecule has 0 spiro atoms. The maximum Gasteiger partial charge on any atom is 0.233 e. The van der Waals surface area contributed by atoms with E-state index in [4.69, 9.17) is 18.9 Å². The highest BCUT2D eigenvalue weighted by atomic mass is 16.7. The van der Waals surface area contributed by atoms with Crippen molar-refractivity contribution in [2.24, 2.45) is 0 Å². The van der Waals surface area contributed by atoms with Gasteiger partial charge in [0.15, 0.2) is 29.1 Å². The number of amides is 1. The zero-order valence-electron chi connectivity index (χ0n) is 18.2.